The number of methoxy groups -OCH3 is 1. The highest BCUT2D eigenvalue weighted by molar-refractivity contribution is 7.89. The number of hydrogen-bond donors (Lipinski definition) is 2. The summed E-state index contributed by atoms with van der Waals surface area (Å²) in [5.74, 6) is -1.98. The Bertz CT molecular complexity index is 401. The second-order valence-corrected chi connectivity index (χ2v) is 6.37. The van der Waals surface area contributed by atoms with E-state index in [1.165, 1.54) is 7.11 Å². The smallest absolute Gasteiger partial charge is 0.306 e. The fourth-order valence-electron chi connectivity index (χ4n) is 1.26. The third-order valence-corrected chi connectivity index (χ3v) is 3.80. The van der Waals surface area contributed by atoms with Crippen molar-refractivity contribution < 1.29 is 27.9 Å². The van der Waals surface area contributed by atoms with Gasteiger partial charge in [0.05, 0.1) is 19.3 Å². The Hall–Kier alpha value is -1.15. The van der Waals surface area contributed by atoms with E-state index in [9.17, 15) is 18.0 Å². The first kappa shape index (κ1) is 16.9. The van der Waals surface area contributed by atoms with Gasteiger partial charge in [-0.3, -0.25) is 9.59 Å². The van der Waals surface area contributed by atoms with Crippen molar-refractivity contribution in [2.24, 2.45) is 0 Å². The number of carboxylic acids is 1. The molecule has 0 aliphatic rings. The quantitative estimate of drug-likeness (QED) is 0.611. The van der Waals surface area contributed by atoms with Crippen LogP contribution in [0.15, 0.2) is 0 Å². The highest BCUT2D eigenvalue weighted by Crippen LogP contribution is 2.13. The summed E-state index contributed by atoms with van der Waals surface area (Å²) >= 11 is 0. The minimum atomic E-state index is -3.64. The van der Waals surface area contributed by atoms with Crippen molar-refractivity contribution in [3.05, 3.63) is 0 Å². The predicted molar refractivity (Wildman–Crippen MR) is 64.5 cm³/mol. The van der Waals surface area contributed by atoms with Crippen LogP contribution in [0.4, 0.5) is 0 Å². The van der Waals surface area contributed by atoms with E-state index in [1.54, 1.807) is 13.8 Å². The Labute approximate surface area is 107 Å². The topological polar surface area (TPSA) is 110 Å². The molecule has 7 nitrogen and oxygen atoms in total. The highest BCUT2D eigenvalue weighted by Gasteiger charge is 2.25. The van der Waals surface area contributed by atoms with Gasteiger partial charge in [-0.15, -0.1) is 0 Å². The molecule has 106 valence electrons. The molecule has 0 heterocycles. The van der Waals surface area contributed by atoms with Gasteiger partial charge in [-0.05, 0) is 20.3 Å². The number of sulfonamides is 1. The van der Waals surface area contributed by atoms with E-state index in [-0.39, 0.29) is 25.0 Å². The molecule has 8 heteroatoms. The molecule has 0 rings (SSSR count). The van der Waals surface area contributed by atoms with Crippen LogP contribution in [0.5, 0.6) is 0 Å². The number of carboxylic acid groups (broad SMARTS) is 1. The Morgan fingerprint density at radius 1 is 1.28 bits per heavy atom. The van der Waals surface area contributed by atoms with Crippen molar-refractivity contribution >= 4 is 22.0 Å². The maximum atomic E-state index is 11.6. The zero-order chi connectivity index (χ0) is 14.4. The fraction of sp³-hybridized carbons (Fsp3) is 0.800. The van der Waals surface area contributed by atoms with Crippen LogP contribution in [0.2, 0.25) is 0 Å². The summed E-state index contributed by atoms with van der Waals surface area (Å²) in [7, 11) is -2.46. The summed E-state index contributed by atoms with van der Waals surface area (Å²) in [6.07, 6.45) is -0.201. The second-order valence-electron chi connectivity index (χ2n) is 4.52. The minimum Gasteiger partial charge on any atom is -0.481 e. The molecule has 0 radical (unpaired) electrons. The molecule has 0 aliphatic heterocycles. The Morgan fingerprint density at radius 3 is 2.28 bits per heavy atom. The third-order valence-electron chi connectivity index (χ3n) is 2.20. The summed E-state index contributed by atoms with van der Waals surface area (Å²) < 4.78 is 30.0. The lowest BCUT2D eigenvalue weighted by molar-refractivity contribution is -0.140. The Morgan fingerprint density at radius 2 is 1.83 bits per heavy atom. The number of carbonyl (C=O) groups excluding carboxylic acids is 1. The van der Waals surface area contributed by atoms with Crippen molar-refractivity contribution in [3.8, 4) is 0 Å². The maximum absolute atomic E-state index is 11.6. The van der Waals surface area contributed by atoms with Gasteiger partial charge in [-0.1, -0.05) is 0 Å². The van der Waals surface area contributed by atoms with Crippen LogP contribution in [-0.4, -0.2) is 43.9 Å². The summed E-state index contributed by atoms with van der Waals surface area (Å²) in [5, 5.41) is 8.54. The average molecular weight is 281 g/mol. The summed E-state index contributed by atoms with van der Waals surface area (Å²) in [6, 6.07) is 0. The number of esters is 1. The second kappa shape index (κ2) is 6.69. The SMILES string of the molecule is COC(=O)CCS(=O)(=O)NC(C)(C)CCC(=O)O. The van der Waals surface area contributed by atoms with Gasteiger partial charge < -0.3 is 9.84 Å². The van der Waals surface area contributed by atoms with Gasteiger partial charge in [-0.2, -0.15) is 0 Å². The number of nitrogens with one attached hydrogen (secondary N) is 1. The number of carbonyl (C=O) groups is 2. The minimum absolute atomic E-state index is 0.132. The fourth-order valence-corrected chi connectivity index (χ4v) is 2.74. The molecule has 0 amide bonds. The molecule has 0 saturated heterocycles. The van der Waals surface area contributed by atoms with E-state index in [4.69, 9.17) is 5.11 Å². The van der Waals surface area contributed by atoms with E-state index in [1.807, 2.05) is 0 Å². The van der Waals surface area contributed by atoms with Gasteiger partial charge in [0.25, 0.3) is 0 Å². The molecule has 0 saturated carbocycles. The highest BCUT2D eigenvalue weighted by atomic mass is 32.2. The monoisotopic (exact) mass is 281 g/mol. The molecular formula is C10H19NO6S. The molecule has 0 bridgehead atoms. The summed E-state index contributed by atoms with van der Waals surface area (Å²) in [6.45, 7) is 3.18. The van der Waals surface area contributed by atoms with Crippen LogP contribution in [-0.2, 0) is 24.3 Å². The molecule has 0 aromatic carbocycles. The molecule has 0 aliphatic carbocycles. The molecular weight excluding hydrogens is 262 g/mol. The molecule has 0 atom stereocenters. The lowest BCUT2D eigenvalue weighted by atomic mass is 10.0. The first-order valence-electron chi connectivity index (χ1n) is 5.38. The van der Waals surface area contributed by atoms with Crippen LogP contribution < -0.4 is 4.72 Å². The van der Waals surface area contributed by atoms with Crippen LogP contribution in [0.1, 0.15) is 33.1 Å². The van der Waals surface area contributed by atoms with Crippen molar-refractivity contribution in [2.75, 3.05) is 12.9 Å². The zero-order valence-corrected chi connectivity index (χ0v) is 11.5. The molecule has 0 unspecified atom stereocenters. The van der Waals surface area contributed by atoms with Gasteiger partial charge in [0.2, 0.25) is 10.0 Å². The number of rotatable bonds is 8. The largest absolute Gasteiger partial charge is 0.481 e. The van der Waals surface area contributed by atoms with E-state index < -0.39 is 27.5 Å². The third kappa shape index (κ3) is 8.02. The van der Waals surface area contributed by atoms with E-state index in [0.717, 1.165) is 0 Å². The maximum Gasteiger partial charge on any atom is 0.306 e. The number of aliphatic carboxylic acids is 1. The predicted octanol–water partition coefficient (Wildman–Crippen LogP) is 0.112. The van der Waals surface area contributed by atoms with Crippen LogP contribution >= 0.6 is 0 Å². The van der Waals surface area contributed by atoms with Crippen molar-refractivity contribution in [1.29, 1.82) is 0 Å². The van der Waals surface area contributed by atoms with Crippen LogP contribution in [0.25, 0.3) is 0 Å². The summed E-state index contributed by atoms with van der Waals surface area (Å²) in [4.78, 5) is 21.3. The molecule has 18 heavy (non-hydrogen) atoms. The van der Waals surface area contributed by atoms with Gasteiger partial charge >= 0.3 is 11.9 Å². The van der Waals surface area contributed by atoms with E-state index >= 15 is 0 Å². The lowest BCUT2D eigenvalue weighted by Crippen LogP contribution is -2.44. The molecule has 2 N–H and O–H groups in total. The number of ether oxygens (including phenoxy) is 1. The first-order chi connectivity index (χ1) is 8.08. The van der Waals surface area contributed by atoms with Crippen molar-refractivity contribution in [2.45, 2.75) is 38.6 Å². The van der Waals surface area contributed by atoms with Gasteiger partial charge in [0, 0.05) is 12.0 Å². The van der Waals surface area contributed by atoms with Crippen molar-refractivity contribution in [3.63, 3.8) is 0 Å². The van der Waals surface area contributed by atoms with Gasteiger partial charge in [-0.25, -0.2) is 13.1 Å². The number of hydrogen-bond acceptors (Lipinski definition) is 5. The van der Waals surface area contributed by atoms with Crippen molar-refractivity contribution in [1.82, 2.24) is 4.72 Å². The standard InChI is InChI=1S/C10H19NO6S/c1-10(2,6-4-8(12)13)11-18(15,16)7-5-9(14)17-3/h11H,4-7H2,1-3H3,(H,12,13). The Kier molecular flexibility index (Phi) is 6.27. The van der Waals surface area contributed by atoms with Gasteiger partial charge in [0.1, 0.15) is 0 Å². The van der Waals surface area contributed by atoms with Crippen LogP contribution in [0, 0.1) is 0 Å². The van der Waals surface area contributed by atoms with E-state index in [0.29, 0.717) is 0 Å². The molecule has 0 aromatic heterocycles. The lowest BCUT2D eigenvalue weighted by Gasteiger charge is -2.25. The average Bonchev–Trinajstić information content (AvgIpc) is 2.22. The first-order valence-corrected chi connectivity index (χ1v) is 7.03. The van der Waals surface area contributed by atoms with Crippen LogP contribution in [0.3, 0.4) is 0 Å². The summed E-state index contributed by atoms with van der Waals surface area (Å²) in [5.41, 5.74) is -0.868. The van der Waals surface area contributed by atoms with E-state index in [2.05, 4.69) is 9.46 Å². The zero-order valence-electron chi connectivity index (χ0n) is 10.7. The molecule has 0 aromatic rings. The van der Waals surface area contributed by atoms with Gasteiger partial charge in [0.15, 0.2) is 0 Å². The Balaban J connectivity index is 4.37. The molecule has 0 fully saturated rings. The normalized spacial score (nSPS) is 12.2. The molecule has 0 spiro atoms.